The maximum Gasteiger partial charge on any atom is 0.410 e. The monoisotopic (exact) mass is 675 g/mol. The number of hydrogen-bond acceptors (Lipinski definition) is 7. The van der Waals surface area contributed by atoms with E-state index in [-0.39, 0.29) is 24.1 Å². The van der Waals surface area contributed by atoms with Crippen LogP contribution >= 0.6 is 27.5 Å². The molecule has 2 aliphatic rings. The molecular formula is C31H39BrClN5O5. The molecule has 1 aliphatic carbocycles. The zero-order chi connectivity index (χ0) is 30.9. The van der Waals surface area contributed by atoms with E-state index in [9.17, 15) is 9.59 Å². The van der Waals surface area contributed by atoms with Crippen LogP contribution in [0, 0.1) is 5.92 Å². The SMILES string of the molecule is CC(C)(C)OC(=O)N(CCCNC(=O)[C@H]1C[C@@H](n2cc(Br)c3c(Cl)ncnc32)[C@@H]2OC(C)(C)O[C@@H]21)CCc1ccccc1. The first-order valence-corrected chi connectivity index (χ1v) is 15.8. The van der Waals surface area contributed by atoms with Crippen LogP contribution < -0.4 is 5.32 Å². The van der Waals surface area contributed by atoms with Crippen LogP contribution in [-0.2, 0) is 25.4 Å². The molecule has 2 amide bonds. The second kappa shape index (κ2) is 12.7. The van der Waals surface area contributed by atoms with Gasteiger partial charge < -0.3 is 29.0 Å². The summed E-state index contributed by atoms with van der Waals surface area (Å²) >= 11 is 9.95. The van der Waals surface area contributed by atoms with E-state index in [0.717, 1.165) is 10.0 Å². The predicted octanol–water partition coefficient (Wildman–Crippen LogP) is 5.91. The van der Waals surface area contributed by atoms with Crippen molar-refractivity contribution in [2.24, 2.45) is 5.92 Å². The number of nitrogens with one attached hydrogen (secondary N) is 1. The van der Waals surface area contributed by atoms with E-state index in [1.54, 1.807) is 4.90 Å². The number of hydrogen-bond donors (Lipinski definition) is 1. The summed E-state index contributed by atoms with van der Waals surface area (Å²) in [5, 5.41) is 4.16. The van der Waals surface area contributed by atoms with Gasteiger partial charge in [0, 0.05) is 30.3 Å². The van der Waals surface area contributed by atoms with Crippen LogP contribution in [0.25, 0.3) is 11.0 Å². The van der Waals surface area contributed by atoms with Crippen molar-refractivity contribution in [2.45, 2.75) is 83.5 Å². The lowest BCUT2D eigenvalue weighted by Gasteiger charge is -2.27. The molecule has 1 aliphatic heterocycles. The molecule has 1 N–H and O–H groups in total. The molecule has 3 heterocycles. The van der Waals surface area contributed by atoms with Gasteiger partial charge in [-0.25, -0.2) is 14.8 Å². The van der Waals surface area contributed by atoms with Crippen LogP contribution in [0.1, 0.15) is 59.1 Å². The summed E-state index contributed by atoms with van der Waals surface area (Å²) in [4.78, 5) is 36.8. The Hall–Kier alpha value is -2.73. The molecule has 232 valence electrons. The van der Waals surface area contributed by atoms with Gasteiger partial charge in [-0.1, -0.05) is 41.9 Å². The molecule has 0 spiro atoms. The summed E-state index contributed by atoms with van der Waals surface area (Å²) in [6.07, 6.45) is 4.04. The number of ether oxygens (including phenoxy) is 3. The summed E-state index contributed by atoms with van der Waals surface area (Å²) in [6.45, 7) is 10.7. The third-order valence-electron chi connectivity index (χ3n) is 7.71. The van der Waals surface area contributed by atoms with Crippen LogP contribution in [-0.4, -0.2) is 74.7 Å². The van der Waals surface area contributed by atoms with Crippen molar-refractivity contribution in [3.05, 3.63) is 58.0 Å². The number of fused-ring (bicyclic) bond motifs is 2. The van der Waals surface area contributed by atoms with Crippen molar-refractivity contribution < 1.29 is 23.8 Å². The second-order valence-electron chi connectivity index (χ2n) is 12.6. The Labute approximate surface area is 265 Å². The molecule has 1 aromatic carbocycles. The number of amides is 2. The Balaban J connectivity index is 1.23. The largest absolute Gasteiger partial charge is 0.444 e. The molecule has 2 fully saturated rings. The van der Waals surface area contributed by atoms with Gasteiger partial charge >= 0.3 is 6.09 Å². The lowest BCUT2D eigenvalue weighted by Crippen LogP contribution is -2.41. The van der Waals surface area contributed by atoms with Gasteiger partial charge in [0.05, 0.1) is 17.3 Å². The molecule has 43 heavy (non-hydrogen) atoms. The number of halogens is 2. The molecule has 12 heteroatoms. The van der Waals surface area contributed by atoms with E-state index in [1.807, 2.05) is 75.7 Å². The van der Waals surface area contributed by atoms with E-state index in [0.29, 0.717) is 55.1 Å². The molecule has 4 atom stereocenters. The fourth-order valence-corrected chi connectivity index (χ4v) is 6.81. The average Bonchev–Trinajstić information content (AvgIpc) is 3.55. The quantitative estimate of drug-likeness (QED) is 0.222. The Morgan fingerprint density at radius 3 is 2.60 bits per heavy atom. The average molecular weight is 677 g/mol. The second-order valence-corrected chi connectivity index (χ2v) is 13.8. The lowest BCUT2D eigenvalue weighted by atomic mass is 10.0. The molecule has 3 aromatic rings. The standard InChI is InChI=1S/C31H39BrClN5O5/c1-30(2,3)43-29(40)37(15-12-19-10-7-6-8-11-19)14-9-13-34-28(39)20-16-22(25-24(20)41-31(4,5)42-25)38-17-21(32)23-26(33)35-18-36-27(23)38/h6-8,10-11,17-18,20,22,24-25H,9,12-16H2,1-5H3,(H,34,39)/t20-,22+,24+,25-/m0/s1. The Morgan fingerprint density at radius 1 is 1.16 bits per heavy atom. The fraction of sp³-hybridized carbons (Fsp3) is 0.548. The van der Waals surface area contributed by atoms with Crippen molar-refractivity contribution in [3.63, 3.8) is 0 Å². The van der Waals surface area contributed by atoms with Crippen molar-refractivity contribution in [2.75, 3.05) is 19.6 Å². The molecule has 1 saturated heterocycles. The van der Waals surface area contributed by atoms with E-state index in [1.165, 1.54) is 6.33 Å². The highest BCUT2D eigenvalue weighted by atomic mass is 79.9. The first kappa shape index (κ1) is 31.7. The maximum absolute atomic E-state index is 13.6. The molecule has 0 radical (unpaired) electrons. The number of carbonyl (C=O) groups is 2. The van der Waals surface area contributed by atoms with Crippen LogP contribution in [0.3, 0.4) is 0 Å². The van der Waals surface area contributed by atoms with E-state index >= 15 is 0 Å². The highest BCUT2D eigenvalue weighted by Gasteiger charge is 2.56. The fourth-order valence-electron chi connectivity index (χ4n) is 5.88. The summed E-state index contributed by atoms with van der Waals surface area (Å²) in [7, 11) is 0. The van der Waals surface area contributed by atoms with Gasteiger partial charge in [0.1, 0.15) is 34.9 Å². The van der Waals surface area contributed by atoms with Crippen molar-refractivity contribution >= 4 is 50.6 Å². The predicted molar refractivity (Wildman–Crippen MR) is 167 cm³/mol. The Morgan fingerprint density at radius 2 is 1.88 bits per heavy atom. The number of aromatic nitrogens is 3. The lowest BCUT2D eigenvalue weighted by molar-refractivity contribution is -0.163. The van der Waals surface area contributed by atoms with Crippen molar-refractivity contribution in [1.29, 1.82) is 0 Å². The van der Waals surface area contributed by atoms with Gasteiger partial charge in [-0.3, -0.25) is 4.79 Å². The number of benzene rings is 1. The minimum absolute atomic E-state index is 0.102. The molecule has 2 aromatic heterocycles. The molecule has 1 saturated carbocycles. The van der Waals surface area contributed by atoms with Gasteiger partial charge in [-0.05, 0) is 75.4 Å². The molecular weight excluding hydrogens is 638 g/mol. The van der Waals surface area contributed by atoms with Gasteiger partial charge in [0.2, 0.25) is 5.91 Å². The van der Waals surface area contributed by atoms with Gasteiger partial charge in [-0.15, -0.1) is 0 Å². The van der Waals surface area contributed by atoms with Crippen LogP contribution in [0.5, 0.6) is 0 Å². The van der Waals surface area contributed by atoms with Crippen LogP contribution in [0.4, 0.5) is 4.79 Å². The smallest absolute Gasteiger partial charge is 0.410 e. The molecule has 0 unspecified atom stereocenters. The third-order valence-corrected chi connectivity index (χ3v) is 8.60. The maximum atomic E-state index is 13.6. The number of nitrogens with zero attached hydrogens (tertiary/aromatic N) is 4. The van der Waals surface area contributed by atoms with Crippen LogP contribution in [0.15, 0.2) is 47.3 Å². The van der Waals surface area contributed by atoms with Gasteiger partial charge in [0.25, 0.3) is 0 Å². The highest BCUT2D eigenvalue weighted by Crippen LogP contribution is 2.48. The van der Waals surface area contributed by atoms with Gasteiger partial charge in [0.15, 0.2) is 5.79 Å². The zero-order valence-electron chi connectivity index (χ0n) is 25.2. The minimum atomic E-state index is -0.827. The third kappa shape index (κ3) is 7.33. The van der Waals surface area contributed by atoms with E-state index in [2.05, 4.69) is 31.2 Å². The summed E-state index contributed by atoms with van der Waals surface area (Å²) < 4.78 is 21.0. The summed E-state index contributed by atoms with van der Waals surface area (Å²) in [6, 6.07) is 9.84. The van der Waals surface area contributed by atoms with Crippen molar-refractivity contribution in [1.82, 2.24) is 24.8 Å². The van der Waals surface area contributed by atoms with Gasteiger partial charge in [-0.2, -0.15) is 0 Å². The Kier molecular flexibility index (Phi) is 9.37. The summed E-state index contributed by atoms with van der Waals surface area (Å²) in [5.74, 6) is -1.35. The Bertz CT molecular complexity index is 1460. The van der Waals surface area contributed by atoms with E-state index in [4.69, 9.17) is 25.8 Å². The first-order valence-electron chi connectivity index (χ1n) is 14.6. The highest BCUT2D eigenvalue weighted by molar-refractivity contribution is 9.10. The topological polar surface area (TPSA) is 108 Å². The molecule has 10 nitrogen and oxygen atoms in total. The number of rotatable bonds is 9. The van der Waals surface area contributed by atoms with Crippen molar-refractivity contribution in [3.8, 4) is 0 Å². The molecule has 0 bridgehead atoms. The summed E-state index contributed by atoms with van der Waals surface area (Å²) in [5.41, 5.74) is 1.22. The van der Waals surface area contributed by atoms with Crippen LogP contribution in [0.2, 0.25) is 5.15 Å². The first-order chi connectivity index (χ1) is 20.3. The van der Waals surface area contributed by atoms with E-state index < -0.39 is 23.4 Å². The zero-order valence-corrected chi connectivity index (χ0v) is 27.5. The minimum Gasteiger partial charge on any atom is -0.444 e. The molecule has 5 rings (SSSR count). The normalized spacial score (nSPS) is 22.9. The number of carbonyl (C=O) groups excluding carboxylic acids is 2.